The maximum Gasteiger partial charge on any atom is 0.258 e. The number of amides is 4. The zero-order chi connectivity index (χ0) is 51.9. The van der Waals surface area contributed by atoms with Crippen LogP contribution in [0, 0.1) is 0 Å². The number of alkyl halides is 3. The van der Waals surface area contributed by atoms with Gasteiger partial charge < -0.3 is 30.7 Å². The number of hydrogen-bond donors (Lipinski definition) is 4. The van der Waals surface area contributed by atoms with Gasteiger partial charge in [0.25, 0.3) is 23.6 Å². The summed E-state index contributed by atoms with van der Waals surface area (Å²) in [6.45, 7) is 10.3. The highest BCUT2D eigenvalue weighted by atomic mass is 35.5. The molecule has 4 N–H and O–H groups in total. The van der Waals surface area contributed by atoms with Crippen molar-refractivity contribution in [3.63, 3.8) is 0 Å². The van der Waals surface area contributed by atoms with Crippen LogP contribution in [0.25, 0.3) is 0 Å². The fraction of sp³-hybridized carbons (Fsp3) is 0.280. The second-order valence-electron chi connectivity index (χ2n) is 15.6. The number of ether oxygens (including phenoxy) is 2. The molecule has 0 spiro atoms. The maximum absolute atomic E-state index is 13.6. The number of anilines is 4. The van der Waals surface area contributed by atoms with Gasteiger partial charge in [0.1, 0.15) is 22.9 Å². The van der Waals surface area contributed by atoms with E-state index in [1.54, 1.807) is 36.4 Å². The van der Waals surface area contributed by atoms with Crippen LogP contribution < -0.4 is 30.7 Å². The standard InChI is InChI=1S/C50H49Cl5N8O8/c1-7-70-43-24-30(26(3)52)11-16-39(43)58-47(66)33-9-14-36(54)41(22-33)60-62-45(28(5)64)49(68)56-35-13-18-38(32(21-35)19-20-51)57-50(69)46(29(6)65)63-61-42-23-34(10-15-37(42)55)48(67)59-40-17-12-31(27(4)53)25-44(40)71-8-2/h9-18,21-27,45-46H,7-8,19-20H2,1-6H3,(H,56,68)(H,57,69)(H,58,66)(H,59,67). The number of nitrogens with one attached hydrogen (secondary N) is 4. The molecule has 71 heavy (non-hydrogen) atoms. The lowest BCUT2D eigenvalue weighted by Gasteiger charge is -2.16. The first-order chi connectivity index (χ1) is 33.8. The molecule has 4 unspecified atom stereocenters. The van der Waals surface area contributed by atoms with Crippen LogP contribution in [0.1, 0.15) is 89.7 Å². The van der Waals surface area contributed by atoms with Crippen molar-refractivity contribution in [2.45, 2.75) is 70.8 Å². The van der Waals surface area contributed by atoms with Gasteiger partial charge in [-0.15, -0.1) is 34.8 Å². The summed E-state index contributed by atoms with van der Waals surface area (Å²) in [4.78, 5) is 79.3. The van der Waals surface area contributed by atoms with Crippen molar-refractivity contribution < 1.29 is 38.2 Å². The molecule has 372 valence electrons. The van der Waals surface area contributed by atoms with Gasteiger partial charge in [-0.05, 0) is 144 Å². The lowest BCUT2D eigenvalue weighted by atomic mass is 10.1. The second kappa shape index (κ2) is 26.1. The number of benzene rings is 5. The molecule has 0 saturated carbocycles. The van der Waals surface area contributed by atoms with Crippen LogP contribution >= 0.6 is 58.0 Å². The van der Waals surface area contributed by atoms with Crippen molar-refractivity contribution in [1.82, 2.24) is 0 Å². The molecule has 0 aromatic heterocycles. The van der Waals surface area contributed by atoms with Crippen molar-refractivity contribution in [2.24, 2.45) is 20.5 Å². The van der Waals surface area contributed by atoms with Gasteiger partial charge in [0.05, 0.1) is 45.4 Å². The summed E-state index contributed by atoms with van der Waals surface area (Å²) in [6.07, 6.45) is 0.197. The van der Waals surface area contributed by atoms with Crippen LogP contribution in [0.2, 0.25) is 10.0 Å². The number of Topliss-reactive ketones (excluding diaryl/α,β-unsaturated/α-hetero) is 2. The molecule has 0 bridgehead atoms. The van der Waals surface area contributed by atoms with Gasteiger partial charge in [-0.1, -0.05) is 35.3 Å². The fourth-order valence-corrected chi connectivity index (χ4v) is 7.36. The van der Waals surface area contributed by atoms with Crippen molar-refractivity contribution in [1.29, 1.82) is 0 Å². The molecule has 0 heterocycles. The van der Waals surface area contributed by atoms with Crippen molar-refractivity contribution in [3.05, 3.63) is 129 Å². The number of azo groups is 2. The van der Waals surface area contributed by atoms with Gasteiger partial charge in [-0.3, -0.25) is 28.8 Å². The summed E-state index contributed by atoms with van der Waals surface area (Å²) in [7, 11) is 0. The normalized spacial score (nSPS) is 12.9. The maximum atomic E-state index is 13.6. The molecular weight excluding hydrogens is 1020 g/mol. The van der Waals surface area contributed by atoms with E-state index in [0.717, 1.165) is 25.0 Å². The van der Waals surface area contributed by atoms with Crippen LogP contribution in [-0.4, -0.2) is 66.4 Å². The summed E-state index contributed by atoms with van der Waals surface area (Å²) < 4.78 is 11.4. The number of carbonyl (C=O) groups excluding carboxylic acids is 6. The van der Waals surface area contributed by atoms with E-state index in [9.17, 15) is 28.8 Å². The Kier molecular flexibility index (Phi) is 20.4. The van der Waals surface area contributed by atoms with Crippen molar-refractivity contribution in [2.75, 3.05) is 40.4 Å². The Morgan fingerprint density at radius 1 is 0.563 bits per heavy atom. The molecule has 21 heteroatoms. The van der Waals surface area contributed by atoms with E-state index < -0.39 is 47.3 Å². The van der Waals surface area contributed by atoms with E-state index in [0.29, 0.717) is 41.7 Å². The predicted molar refractivity (Wildman–Crippen MR) is 279 cm³/mol. The number of aryl methyl sites for hydroxylation is 1. The van der Waals surface area contributed by atoms with Crippen LogP contribution in [-0.2, 0) is 25.6 Å². The highest BCUT2D eigenvalue weighted by Gasteiger charge is 2.27. The Balaban J connectivity index is 1.28. The van der Waals surface area contributed by atoms with Gasteiger partial charge in [0, 0.05) is 28.4 Å². The van der Waals surface area contributed by atoms with E-state index in [4.69, 9.17) is 67.5 Å². The molecule has 0 radical (unpaired) electrons. The quantitative estimate of drug-likeness (QED) is 0.0296. The van der Waals surface area contributed by atoms with Gasteiger partial charge >= 0.3 is 0 Å². The number of rotatable bonds is 22. The Bertz CT molecular complexity index is 2880. The molecule has 4 atom stereocenters. The number of carbonyl (C=O) groups is 6. The number of hydrogen-bond acceptors (Lipinski definition) is 12. The molecule has 5 aromatic carbocycles. The molecule has 0 saturated heterocycles. The molecule has 0 fully saturated rings. The number of halogens is 5. The zero-order valence-corrected chi connectivity index (χ0v) is 43.0. The van der Waals surface area contributed by atoms with Crippen LogP contribution in [0.4, 0.5) is 34.1 Å². The fourth-order valence-electron chi connectivity index (χ4n) is 6.57. The Labute approximate surface area is 435 Å². The molecule has 4 amide bonds. The average molecular weight is 1070 g/mol. The van der Waals surface area contributed by atoms with Gasteiger partial charge in [0.2, 0.25) is 12.1 Å². The highest BCUT2D eigenvalue weighted by Crippen LogP contribution is 2.35. The Hall–Kier alpha value is -6.43. The minimum Gasteiger partial charge on any atom is -0.492 e. The van der Waals surface area contributed by atoms with E-state index in [1.807, 2.05) is 27.7 Å². The zero-order valence-electron chi connectivity index (χ0n) is 39.2. The first-order valence-electron chi connectivity index (χ1n) is 22.0. The molecule has 0 aliphatic heterocycles. The second-order valence-corrected chi connectivity index (χ2v) is 18.1. The molecule has 5 aromatic rings. The molecule has 0 aliphatic rings. The summed E-state index contributed by atoms with van der Waals surface area (Å²) in [5.74, 6) is -3.09. The lowest BCUT2D eigenvalue weighted by Crippen LogP contribution is -2.32. The molecule has 5 rings (SSSR count). The van der Waals surface area contributed by atoms with Crippen LogP contribution in [0.5, 0.6) is 11.5 Å². The Morgan fingerprint density at radius 3 is 1.41 bits per heavy atom. The summed E-state index contributed by atoms with van der Waals surface area (Å²) in [5, 5.41) is 26.7. The minimum atomic E-state index is -1.64. The lowest BCUT2D eigenvalue weighted by molar-refractivity contribution is -0.127. The summed E-state index contributed by atoms with van der Waals surface area (Å²) in [5.41, 5.74) is 3.64. The van der Waals surface area contributed by atoms with Crippen molar-refractivity contribution >= 4 is 127 Å². The highest BCUT2D eigenvalue weighted by molar-refractivity contribution is 6.33. The SMILES string of the molecule is CCOc1cc(C(C)Cl)ccc1NC(=O)c1ccc(Cl)c(N=NC(C(C)=O)C(=O)Nc2ccc(NC(=O)C(N=Nc3cc(C(=O)Nc4ccc(C(C)Cl)cc4OCC)ccc3Cl)C(C)=O)c(CCCl)c2)c1. The molecule has 16 nitrogen and oxygen atoms in total. The van der Waals surface area contributed by atoms with Crippen molar-refractivity contribution in [3.8, 4) is 11.5 Å². The smallest absolute Gasteiger partial charge is 0.258 e. The van der Waals surface area contributed by atoms with E-state index >= 15 is 0 Å². The largest absolute Gasteiger partial charge is 0.492 e. The predicted octanol–water partition coefficient (Wildman–Crippen LogP) is 13.0. The van der Waals surface area contributed by atoms with Crippen LogP contribution in [0.3, 0.4) is 0 Å². The van der Waals surface area contributed by atoms with E-state index in [-0.39, 0.29) is 67.0 Å². The monoisotopic (exact) mass is 1060 g/mol. The Morgan fingerprint density at radius 2 is 1.00 bits per heavy atom. The van der Waals surface area contributed by atoms with Gasteiger partial charge in [0.15, 0.2) is 11.6 Å². The summed E-state index contributed by atoms with van der Waals surface area (Å²) in [6, 6.07) is 20.1. The van der Waals surface area contributed by atoms with E-state index in [1.165, 1.54) is 54.6 Å². The first-order valence-corrected chi connectivity index (χ1v) is 24.2. The average Bonchev–Trinajstić information content (AvgIpc) is 3.32. The first kappa shape index (κ1) is 55.5. The minimum absolute atomic E-state index is 0.0115. The van der Waals surface area contributed by atoms with Gasteiger partial charge in [-0.25, -0.2) is 0 Å². The molecular formula is C50H49Cl5N8O8. The third kappa shape index (κ3) is 15.3. The third-order valence-electron chi connectivity index (χ3n) is 10.3. The van der Waals surface area contributed by atoms with Crippen LogP contribution in [0.15, 0.2) is 111 Å². The number of ketones is 2. The topological polar surface area (TPSA) is 218 Å². The summed E-state index contributed by atoms with van der Waals surface area (Å²) >= 11 is 31.4. The van der Waals surface area contributed by atoms with E-state index in [2.05, 4.69) is 41.7 Å². The van der Waals surface area contributed by atoms with Gasteiger partial charge in [-0.2, -0.15) is 20.5 Å². The third-order valence-corrected chi connectivity index (χ3v) is 11.6. The molecule has 0 aliphatic carbocycles. The number of nitrogens with zero attached hydrogens (tertiary/aromatic N) is 4.